The third-order valence-corrected chi connectivity index (χ3v) is 3.83. The fraction of sp³-hybridized carbons (Fsp3) is 0.333. The Balaban J connectivity index is 1.50. The molecular weight excluding hydrogens is 306 g/mol. The normalized spacial score (nSPS) is 18.0. The number of nitrogens with zero attached hydrogens (tertiary/aromatic N) is 1. The summed E-state index contributed by atoms with van der Waals surface area (Å²) in [5.74, 6) is 0.778. The van der Waals surface area contributed by atoms with Crippen LogP contribution in [0.1, 0.15) is 24.9 Å². The maximum absolute atomic E-state index is 12.1. The molecule has 2 unspecified atom stereocenters. The highest BCUT2D eigenvalue weighted by molar-refractivity contribution is 5.89. The molecule has 2 amide bonds. The van der Waals surface area contributed by atoms with Crippen LogP contribution >= 0.6 is 0 Å². The van der Waals surface area contributed by atoms with Crippen molar-refractivity contribution in [1.82, 2.24) is 10.3 Å². The average molecular weight is 327 g/mol. The van der Waals surface area contributed by atoms with Crippen molar-refractivity contribution < 1.29 is 14.3 Å². The molecule has 126 valence electrons. The van der Waals surface area contributed by atoms with Gasteiger partial charge in [0.15, 0.2) is 0 Å². The van der Waals surface area contributed by atoms with E-state index in [4.69, 9.17) is 9.47 Å². The van der Waals surface area contributed by atoms with E-state index in [1.807, 2.05) is 43.3 Å². The summed E-state index contributed by atoms with van der Waals surface area (Å²) in [5, 5.41) is 5.69. The smallest absolute Gasteiger partial charge is 0.319 e. The molecule has 0 saturated carbocycles. The van der Waals surface area contributed by atoms with E-state index in [0.717, 1.165) is 24.3 Å². The zero-order chi connectivity index (χ0) is 16.8. The second-order valence-electron chi connectivity index (χ2n) is 5.73. The molecule has 6 heteroatoms. The van der Waals surface area contributed by atoms with Crippen LogP contribution in [-0.2, 0) is 4.74 Å². The lowest BCUT2D eigenvalue weighted by molar-refractivity contribution is 0.141. The van der Waals surface area contributed by atoms with Crippen molar-refractivity contribution >= 4 is 11.7 Å². The van der Waals surface area contributed by atoms with Gasteiger partial charge in [0.25, 0.3) is 0 Å². The van der Waals surface area contributed by atoms with Gasteiger partial charge in [-0.3, -0.25) is 4.98 Å². The number of carbonyl (C=O) groups excluding carboxylic acids is 1. The monoisotopic (exact) mass is 327 g/mol. The predicted octanol–water partition coefficient (Wildman–Crippen LogP) is 3.13. The molecule has 1 aromatic heterocycles. The third kappa shape index (κ3) is 4.45. The van der Waals surface area contributed by atoms with Gasteiger partial charge in [-0.05, 0) is 42.8 Å². The summed E-state index contributed by atoms with van der Waals surface area (Å²) in [6, 6.07) is 10.7. The highest BCUT2D eigenvalue weighted by atomic mass is 16.5. The molecule has 2 N–H and O–H groups in total. The molecule has 0 spiro atoms. The molecule has 1 aliphatic rings. The van der Waals surface area contributed by atoms with Gasteiger partial charge in [0.05, 0.1) is 19.3 Å². The number of amides is 2. The van der Waals surface area contributed by atoms with E-state index < -0.39 is 0 Å². The number of carbonyl (C=O) groups is 1. The van der Waals surface area contributed by atoms with Crippen molar-refractivity contribution in [3.8, 4) is 5.75 Å². The number of aromatic nitrogens is 1. The number of urea groups is 1. The molecule has 6 nitrogen and oxygen atoms in total. The molecule has 24 heavy (non-hydrogen) atoms. The SMILES string of the molecule is CC(NC(=O)Nc1ccc(OC2CCOC2)cc1)c1cccnc1. The van der Waals surface area contributed by atoms with Crippen LogP contribution in [0.2, 0.25) is 0 Å². The predicted molar refractivity (Wildman–Crippen MR) is 91.1 cm³/mol. The van der Waals surface area contributed by atoms with E-state index in [1.54, 1.807) is 12.4 Å². The number of rotatable bonds is 5. The van der Waals surface area contributed by atoms with Gasteiger partial charge < -0.3 is 20.1 Å². The second-order valence-corrected chi connectivity index (χ2v) is 5.73. The van der Waals surface area contributed by atoms with E-state index in [-0.39, 0.29) is 18.2 Å². The maximum Gasteiger partial charge on any atom is 0.319 e. The summed E-state index contributed by atoms with van der Waals surface area (Å²) in [6.45, 7) is 3.30. The first-order valence-corrected chi connectivity index (χ1v) is 8.02. The zero-order valence-electron chi connectivity index (χ0n) is 13.6. The molecule has 1 fully saturated rings. The number of benzene rings is 1. The number of anilines is 1. The van der Waals surface area contributed by atoms with E-state index in [1.165, 1.54) is 0 Å². The summed E-state index contributed by atoms with van der Waals surface area (Å²) in [7, 11) is 0. The fourth-order valence-corrected chi connectivity index (χ4v) is 2.49. The van der Waals surface area contributed by atoms with Gasteiger partial charge in [-0.15, -0.1) is 0 Å². The van der Waals surface area contributed by atoms with E-state index in [0.29, 0.717) is 12.3 Å². The Bertz CT molecular complexity index is 655. The molecule has 2 aromatic rings. The van der Waals surface area contributed by atoms with Crippen molar-refractivity contribution in [2.24, 2.45) is 0 Å². The average Bonchev–Trinajstić information content (AvgIpc) is 3.10. The second kappa shape index (κ2) is 7.79. The lowest BCUT2D eigenvalue weighted by Crippen LogP contribution is -2.31. The summed E-state index contributed by atoms with van der Waals surface area (Å²) < 4.78 is 11.1. The van der Waals surface area contributed by atoms with Crippen LogP contribution in [-0.4, -0.2) is 30.3 Å². The third-order valence-electron chi connectivity index (χ3n) is 3.83. The minimum atomic E-state index is -0.260. The van der Waals surface area contributed by atoms with Gasteiger partial charge in [-0.25, -0.2) is 4.79 Å². The Morgan fingerprint density at radius 1 is 1.33 bits per heavy atom. The van der Waals surface area contributed by atoms with Crippen molar-refractivity contribution in [2.45, 2.75) is 25.5 Å². The molecule has 1 aliphatic heterocycles. The van der Waals surface area contributed by atoms with Crippen LogP contribution < -0.4 is 15.4 Å². The Labute approximate surface area is 141 Å². The van der Waals surface area contributed by atoms with Gasteiger partial charge in [-0.2, -0.15) is 0 Å². The molecule has 1 saturated heterocycles. The van der Waals surface area contributed by atoms with E-state index in [9.17, 15) is 4.79 Å². The van der Waals surface area contributed by atoms with Crippen LogP contribution in [0.4, 0.5) is 10.5 Å². The topological polar surface area (TPSA) is 72.5 Å². The summed E-state index contributed by atoms with van der Waals surface area (Å²) in [5.41, 5.74) is 1.66. The van der Waals surface area contributed by atoms with Crippen molar-refractivity contribution in [2.75, 3.05) is 18.5 Å². The van der Waals surface area contributed by atoms with Gasteiger partial charge in [-0.1, -0.05) is 6.07 Å². The molecule has 0 bridgehead atoms. The van der Waals surface area contributed by atoms with Gasteiger partial charge >= 0.3 is 6.03 Å². The Morgan fingerprint density at radius 3 is 2.83 bits per heavy atom. The first-order chi connectivity index (χ1) is 11.7. The highest BCUT2D eigenvalue weighted by Crippen LogP contribution is 2.20. The number of pyridine rings is 1. The van der Waals surface area contributed by atoms with Crippen molar-refractivity contribution in [3.05, 3.63) is 54.4 Å². The molecular formula is C18H21N3O3. The fourth-order valence-electron chi connectivity index (χ4n) is 2.49. The minimum Gasteiger partial charge on any atom is -0.488 e. The lowest BCUT2D eigenvalue weighted by atomic mass is 10.1. The van der Waals surface area contributed by atoms with Crippen LogP contribution in [0.25, 0.3) is 0 Å². The molecule has 2 heterocycles. The van der Waals surface area contributed by atoms with Crippen LogP contribution in [0.5, 0.6) is 5.75 Å². The molecule has 2 atom stereocenters. The maximum atomic E-state index is 12.1. The molecule has 0 radical (unpaired) electrons. The number of ether oxygens (including phenoxy) is 2. The van der Waals surface area contributed by atoms with Crippen LogP contribution in [0, 0.1) is 0 Å². The largest absolute Gasteiger partial charge is 0.488 e. The number of hydrogen-bond donors (Lipinski definition) is 2. The quantitative estimate of drug-likeness (QED) is 0.885. The van der Waals surface area contributed by atoms with Crippen LogP contribution in [0.15, 0.2) is 48.8 Å². The van der Waals surface area contributed by atoms with Gasteiger partial charge in [0, 0.05) is 24.5 Å². The zero-order valence-corrected chi connectivity index (χ0v) is 13.6. The Kier molecular flexibility index (Phi) is 5.28. The van der Waals surface area contributed by atoms with E-state index >= 15 is 0 Å². The van der Waals surface area contributed by atoms with Crippen molar-refractivity contribution in [3.63, 3.8) is 0 Å². The van der Waals surface area contributed by atoms with E-state index in [2.05, 4.69) is 15.6 Å². The number of hydrogen-bond acceptors (Lipinski definition) is 4. The molecule has 0 aliphatic carbocycles. The summed E-state index contributed by atoms with van der Waals surface area (Å²) in [6.07, 6.45) is 4.48. The van der Waals surface area contributed by atoms with Crippen LogP contribution in [0.3, 0.4) is 0 Å². The molecule has 3 rings (SSSR count). The molecule has 1 aromatic carbocycles. The first-order valence-electron chi connectivity index (χ1n) is 8.02. The van der Waals surface area contributed by atoms with Crippen molar-refractivity contribution in [1.29, 1.82) is 0 Å². The lowest BCUT2D eigenvalue weighted by Gasteiger charge is -2.15. The summed E-state index contributed by atoms with van der Waals surface area (Å²) in [4.78, 5) is 16.1. The number of nitrogens with one attached hydrogen (secondary N) is 2. The highest BCUT2D eigenvalue weighted by Gasteiger charge is 2.17. The standard InChI is InChI=1S/C18H21N3O3/c1-13(14-3-2-9-19-11-14)20-18(22)21-15-4-6-16(7-5-15)24-17-8-10-23-12-17/h2-7,9,11,13,17H,8,10,12H2,1H3,(H2,20,21,22). The Hall–Kier alpha value is -2.60. The summed E-state index contributed by atoms with van der Waals surface area (Å²) >= 11 is 0. The first kappa shape index (κ1) is 16.3. The van der Waals surface area contributed by atoms with Gasteiger partial charge in [0.2, 0.25) is 0 Å². The van der Waals surface area contributed by atoms with Gasteiger partial charge in [0.1, 0.15) is 11.9 Å². The Morgan fingerprint density at radius 2 is 2.17 bits per heavy atom. The minimum absolute atomic E-state index is 0.118.